The van der Waals surface area contributed by atoms with Crippen LogP contribution in [0.4, 0.5) is 5.69 Å². The van der Waals surface area contributed by atoms with Crippen molar-refractivity contribution in [1.29, 1.82) is 5.26 Å². The summed E-state index contributed by atoms with van der Waals surface area (Å²) in [5, 5.41) is 33.1. The van der Waals surface area contributed by atoms with Gasteiger partial charge >= 0.3 is 0 Å². The minimum absolute atomic E-state index is 0.0299. The van der Waals surface area contributed by atoms with Crippen molar-refractivity contribution in [2.24, 2.45) is 0 Å². The highest BCUT2D eigenvalue weighted by molar-refractivity contribution is 6.06. The molecule has 0 aliphatic rings. The number of benzene rings is 2. The highest BCUT2D eigenvalue weighted by Gasteiger charge is 2.09. The number of nitrogens with one attached hydrogen (secondary N) is 2. The Bertz CT molecular complexity index is 777. The van der Waals surface area contributed by atoms with Crippen molar-refractivity contribution in [3.8, 4) is 17.6 Å². The van der Waals surface area contributed by atoms with Gasteiger partial charge in [0.05, 0.1) is 0 Å². The van der Waals surface area contributed by atoms with Crippen molar-refractivity contribution < 1.29 is 15.0 Å². The Kier molecular flexibility index (Phi) is 5.81. The second-order valence-corrected chi connectivity index (χ2v) is 5.04. The summed E-state index contributed by atoms with van der Waals surface area (Å²) in [5.41, 5.74) is 1.37. The number of carbonyl (C=O) groups excluding carboxylic acids is 1. The molecule has 122 valence electrons. The average molecular weight is 323 g/mol. The van der Waals surface area contributed by atoms with Crippen LogP contribution in [0, 0.1) is 11.3 Å². The van der Waals surface area contributed by atoms with Crippen molar-refractivity contribution in [3.63, 3.8) is 0 Å². The highest BCUT2D eigenvalue weighted by Crippen LogP contribution is 2.16. The van der Waals surface area contributed by atoms with Crippen molar-refractivity contribution in [3.05, 3.63) is 65.9 Å². The molecule has 0 bridgehead atoms. The topological polar surface area (TPSA) is 105 Å². The van der Waals surface area contributed by atoms with Crippen LogP contribution in [0.1, 0.15) is 5.56 Å². The highest BCUT2D eigenvalue weighted by atomic mass is 16.3. The molecule has 0 saturated carbocycles. The lowest BCUT2D eigenvalue weighted by Crippen LogP contribution is -2.17. The SMILES string of the molecule is N#C/C(=C/NCCc1ccc(O)cc1)C(=O)Nc1cccc(O)c1. The third-order valence-corrected chi connectivity index (χ3v) is 3.21. The summed E-state index contributed by atoms with van der Waals surface area (Å²) < 4.78 is 0. The van der Waals surface area contributed by atoms with E-state index in [1.807, 2.05) is 6.07 Å². The van der Waals surface area contributed by atoms with Gasteiger partial charge in [-0.2, -0.15) is 5.26 Å². The maximum absolute atomic E-state index is 12.0. The molecule has 1 amide bonds. The van der Waals surface area contributed by atoms with Crippen molar-refractivity contribution in [2.45, 2.75) is 6.42 Å². The molecule has 4 N–H and O–H groups in total. The zero-order valence-corrected chi connectivity index (χ0v) is 12.9. The molecule has 0 saturated heterocycles. The summed E-state index contributed by atoms with van der Waals surface area (Å²) in [7, 11) is 0. The molecule has 2 rings (SSSR count). The lowest BCUT2D eigenvalue weighted by atomic mass is 10.1. The molecular formula is C18H17N3O3. The van der Waals surface area contributed by atoms with E-state index in [9.17, 15) is 15.0 Å². The van der Waals surface area contributed by atoms with Gasteiger partial charge in [0.15, 0.2) is 0 Å². The van der Waals surface area contributed by atoms with E-state index in [0.717, 1.165) is 5.56 Å². The normalized spacial score (nSPS) is 10.7. The molecular weight excluding hydrogens is 306 g/mol. The van der Waals surface area contributed by atoms with E-state index in [0.29, 0.717) is 18.7 Å². The number of hydrogen-bond donors (Lipinski definition) is 4. The number of aromatic hydroxyl groups is 2. The summed E-state index contributed by atoms with van der Waals surface area (Å²) in [4.78, 5) is 12.0. The van der Waals surface area contributed by atoms with E-state index < -0.39 is 5.91 Å². The fraction of sp³-hybridized carbons (Fsp3) is 0.111. The first-order valence-electron chi connectivity index (χ1n) is 7.30. The van der Waals surface area contributed by atoms with Gasteiger partial charge in [-0.15, -0.1) is 0 Å². The number of amides is 1. The van der Waals surface area contributed by atoms with Crippen molar-refractivity contribution >= 4 is 11.6 Å². The minimum atomic E-state index is -0.555. The molecule has 0 radical (unpaired) electrons. The van der Waals surface area contributed by atoms with Gasteiger partial charge in [0.2, 0.25) is 0 Å². The first-order valence-corrected chi connectivity index (χ1v) is 7.30. The van der Waals surface area contributed by atoms with Gasteiger partial charge in [0.1, 0.15) is 23.1 Å². The minimum Gasteiger partial charge on any atom is -0.508 e. The predicted octanol–water partition coefficient (Wildman–Crippen LogP) is 2.28. The Labute approximate surface area is 139 Å². The predicted molar refractivity (Wildman–Crippen MR) is 90.2 cm³/mol. The smallest absolute Gasteiger partial charge is 0.267 e. The molecule has 0 aliphatic heterocycles. The number of hydrogen-bond acceptors (Lipinski definition) is 5. The number of nitrogens with zero attached hydrogens (tertiary/aromatic N) is 1. The maximum atomic E-state index is 12.0. The molecule has 6 heteroatoms. The Morgan fingerprint density at radius 3 is 2.54 bits per heavy atom. The van der Waals surface area contributed by atoms with Crippen LogP contribution >= 0.6 is 0 Å². The Hall–Kier alpha value is -3.46. The Balaban J connectivity index is 1.87. The second kappa shape index (κ2) is 8.25. The molecule has 0 fully saturated rings. The zero-order chi connectivity index (χ0) is 17.4. The molecule has 2 aromatic carbocycles. The Morgan fingerprint density at radius 2 is 1.88 bits per heavy atom. The van der Waals surface area contributed by atoms with Crippen LogP contribution in [0.15, 0.2) is 60.3 Å². The molecule has 0 aromatic heterocycles. The number of phenolic OH excluding ortho intramolecular Hbond substituents is 2. The van der Waals surface area contributed by atoms with Gasteiger partial charge in [-0.25, -0.2) is 0 Å². The summed E-state index contributed by atoms with van der Waals surface area (Å²) >= 11 is 0. The quantitative estimate of drug-likeness (QED) is 0.371. The molecule has 2 aromatic rings. The number of phenols is 2. The van der Waals surface area contributed by atoms with E-state index in [2.05, 4.69) is 10.6 Å². The van der Waals surface area contributed by atoms with Gasteiger partial charge in [-0.3, -0.25) is 4.79 Å². The Morgan fingerprint density at radius 1 is 1.12 bits per heavy atom. The molecule has 0 aliphatic carbocycles. The fourth-order valence-electron chi connectivity index (χ4n) is 1.98. The first kappa shape index (κ1) is 16.9. The van der Waals surface area contributed by atoms with E-state index >= 15 is 0 Å². The lowest BCUT2D eigenvalue weighted by Gasteiger charge is -2.06. The van der Waals surface area contributed by atoms with Crippen LogP contribution in [0.25, 0.3) is 0 Å². The lowest BCUT2D eigenvalue weighted by molar-refractivity contribution is -0.112. The molecule has 0 atom stereocenters. The van der Waals surface area contributed by atoms with Crippen LogP contribution in [0.2, 0.25) is 0 Å². The van der Waals surface area contributed by atoms with Crippen LogP contribution in [0.3, 0.4) is 0 Å². The average Bonchev–Trinajstić information content (AvgIpc) is 2.56. The number of carbonyl (C=O) groups is 1. The summed E-state index contributed by atoms with van der Waals surface area (Å²) in [6.45, 7) is 0.537. The zero-order valence-electron chi connectivity index (χ0n) is 12.9. The second-order valence-electron chi connectivity index (χ2n) is 5.04. The fourth-order valence-corrected chi connectivity index (χ4v) is 1.98. The van der Waals surface area contributed by atoms with Crippen LogP contribution in [-0.2, 0) is 11.2 Å². The van der Waals surface area contributed by atoms with Gasteiger partial charge in [-0.05, 0) is 36.2 Å². The summed E-state index contributed by atoms with van der Waals surface area (Å²) in [6.07, 6.45) is 2.04. The van der Waals surface area contributed by atoms with Gasteiger partial charge < -0.3 is 20.8 Å². The van der Waals surface area contributed by atoms with Crippen LogP contribution in [0.5, 0.6) is 11.5 Å². The van der Waals surface area contributed by atoms with E-state index in [1.54, 1.807) is 36.4 Å². The van der Waals surface area contributed by atoms with Crippen molar-refractivity contribution in [2.75, 3.05) is 11.9 Å². The van der Waals surface area contributed by atoms with Gasteiger partial charge in [0.25, 0.3) is 5.91 Å². The molecule has 6 nitrogen and oxygen atoms in total. The molecule has 24 heavy (non-hydrogen) atoms. The number of nitriles is 1. The summed E-state index contributed by atoms with van der Waals surface area (Å²) in [6, 6.07) is 14.7. The monoisotopic (exact) mass is 323 g/mol. The molecule has 0 heterocycles. The van der Waals surface area contributed by atoms with Gasteiger partial charge in [0, 0.05) is 24.5 Å². The summed E-state index contributed by atoms with van der Waals surface area (Å²) in [5.74, 6) is -0.315. The third-order valence-electron chi connectivity index (χ3n) is 3.21. The maximum Gasteiger partial charge on any atom is 0.267 e. The van der Waals surface area contributed by atoms with Gasteiger partial charge in [-0.1, -0.05) is 18.2 Å². The molecule has 0 spiro atoms. The van der Waals surface area contributed by atoms with E-state index in [4.69, 9.17) is 5.26 Å². The number of rotatable bonds is 6. The van der Waals surface area contributed by atoms with Crippen LogP contribution in [-0.4, -0.2) is 22.7 Å². The first-order chi connectivity index (χ1) is 11.6. The largest absolute Gasteiger partial charge is 0.508 e. The van der Waals surface area contributed by atoms with E-state index in [-0.39, 0.29) is 17.1 Å². The van der Waals surface area contributed by atoms with E-state index in [1.165, 1.54) is 18.3 Å². The third kappa shape index (κ3) is 5.07. The van der Waals surface area contributed by atoms with Crippen molar-refractivity contribution in [1.82, 2.24) is 5.32 Å². The van der Waals surface area contributed by atoms with Crippen LogP contribution < -0.4 is 10.6 Å². The number of anilines is 1. The standard InChI is InChI=1S/C18H17N3O3/c19-11-14(18(24)21-15-2-1-3-17(23)10-15)12-20-9-8-13-4-6-16(22)7-5-13/h1-7,10,12,20,22-23H,8-9H2,(H,21,24)/b14-12-. The molecule has 0 unspecified atom stereocenters.